The number of nitrogens with zero attached hydrogens (tertiary/aromatic N) is 4. The van der Waals surface area contributed by atoms with E-state index in [4.69, 9.17) is 15.2 Å². The fourth-order valence-corrected chi connectivity index (χ4v) is 7.18. The van der Waals surface area contributed by atoms with Crippen molar-refractivity contribution in [1.82, 2.24) is 24.6 Å². The van der Waals surface area contributed by atoms with Crippen molar-refractivity contribution in [3.63, 3.8) is 0 Å². The Kier molecular flexibility index (Phi) is 9.97. The second-order valence-corrected chi connectivity index (χ2v) is 13.1. The lowest BCUT2D eigenvalue weighted by atomic mass is 9.97. The standard InChI is InChI=1S/C26H36F3N6O4P/c1-6-10-38-24(36)25(4,5)13-40(37,34-21(26(27,28)29)19-9-7-8-17(2)11-19)16-39-18(3)12-35-15-33-20-22(30)31-14-32-23(20)35/h7-9,11,14-15,18,21H,6,10,12-13,16H2,1-5H3,(H,34,37)(H2,30,31,32)/t18-,21+,40?/m1/s1. The van der Waals surface area contributed by atoms with Crippen molar-refractivity contribution < 1.29 is 32.0 Å². The summed E-state index contributed by atoms with van der Waals surface area (Å²) in [5, 5.41) is 2.37. The lowest BCUT2D eigenvalue weighted by Crippen LogP contribution is -2.38. The zero-order valence-electron chi connectivity index (χ0n) is 23.2. The predicted molar refractivity (Wildman–Crippen MR) is 146 cm³/mol. The van der Waals surface area contributed by atoms with Gasteiger partial charge in [-0.1, -0.05) is 36.8 Å². The Bertz CT molecular complexity index is 1360. The molecule has 0 spiro atoms. The highest BCUT2D eigenvalue weighted by Crippen LogP contribution is 2.51. The summed E-state index contributed by atoms with van der Waals surface area (Å²) in [6.07, 6.45) is -2.98. The monoisotopic (exact) mass is 584 g/mol. The number of ether oxygens (including phenoxy) is 2. The fourth-order valence-electron chi connectivity index (χ4n) is 4.25. The first-order valence-corrected chi connectivity index (χ1v) is 14.9. The van der Waals surface area contributed by atoms with Crippen LogP contribution in [0.4, 0.5) is 19.0 Å². The number of hydrogen-bond acceptors (Lipinski definition) is 8. The van der Waals surface area contributed by atoms with Crippen LogP contribution in [0, 0.1) is 12.3 Å². The van der Waals surface area contributed by atoms with E-state index in [0.29, 0.717) is 23.1 Å². The molecule has 2 heterocycles. The Morgan fingerprint density at radius 1 is 1.23 bits per heavy atom. The average Bonchev–Trinajstić information content (AvgIpc) is 3.27. The number of benzene rings is 1. The Morgan fingerprint density at radius 3 is 2.60 bits per heavy atom. The molecule has 0 aliphatic carbocycles. The lowest BCUT2D eigenvalue weighted by molar-refractivity contribution is -0.153. The molecule has 10 nitrogen and oxygen atoms in total. The lowest BCUT2D eigenvalue weighted by Gasteiger charge is -2.33. The molecule has 0 radical (unpaired) electrons. The number of carbonyl (C=O) groups excluding carboxylic acids is 1. The Morgan fingerprint density at radius 2 is 1.95 bits per heavy atom. The maximum absolute atomic E-state index is 14.3. The molecule has 3 N–H and O–H groups in total. The number of nitrogen functional groups attached to an aromatic ring is 1. The molecule has 0 fully saturated rings. The molecule has 1 aromatic carbocycles. The van der Waals surface area contributed by atoms with Gasteiger partial charge in [-0.25, -0.2) is 20.0 Å². The minimum Gasteiger partial charge on any atom is -0.465 e. The van der Waals surface area contributed by atoms with E-state index in [1.807, 2.05) is 6.92 Å². The summed E-state index contributed by atoms with van der Waals surface area (Å²) in [7, 11) is -4.02. The van der Waals surface area contributed by atoms with Gasteiger partial charge in [-0.3, -0.25) is 4.79 Å². The summed E-state index contributed by atoms with van der Waals surface area (Å²) in [6, 6.07) is 3.65. The number of hydrogen-bond donors (Lipinski definition) is 2. The first-order valence-electron chi connectivity index (χ1n) is 12.8. The Balaban J connectivity index is 1.87. The number of aryl methyl sites for hydroxylation is 1. The van der Waals surface area contributed by atoms with E-state index in [-0.39, 0.29) is 24.5 Å². The van der Waals surface area contributed by atoms with Crippen molar-refractivity contribution in [2.45, 2.75) is 65.9 Å². The highest BCUT2D eigenvalue weighted by molar-refractivity contribution is 7.61. The van der Waals surface area contributed by atoms with Gasteiger partial charge < -0.3 is 24.3 Å². The van der Waals surface area contributed by atoms with Crippen LogP contribution in [-0.2, 0) is 25.4 Å². The molecule has 3 atom stereocenters. The van der Waals surface area contributed by atoms with Gasteiger partial charge in [-0.05, 0) is 39.7 Å². The van der Waals surface area contributed by atoms with E-state index in [2.05, 4.69) is 20.0 Å². The third-order valence-corrected chi connectivity index (χ3v) is 8.75. The number of aromatic nitrogens is 4. The molecular weight excluding hydrogens is 548 g/mol. The molecule has 0 saturated carbocycles. The minimum atomic E-state index is -4.77. The van der Waals surface area contributed by atoms with E-state index < -0.39 is 49.5 Å². The molecule has 40 heavy (non-hydrogen) atoms. The normalized spacial score (nSPS) is 15.5. The molecule has 1 unspecified atom stereocenters. The van der Waals surface area contributed by atoms with Crippen molar-refractivity contribution in [2.24, 2.45) is 5.41 Å². The number of imidazole rings is 1. The first-order chi connectivity index (χ1) is 18.6. The number of alkyl halides is 3. The van der Waals surface area contributed by atoms with Crippen molar-refractivity contribution in [1.29, 1.82) is 0 Å². The van der Waals surface area contributed by atoms with Gasteiger partial charge in [0.2, 0.25) is 0 Å². The number of halogens is 3. The van der Waals surface area contributed by atoms with Crippen molar-refractivity contribution in [2.75, 3.05) is 24.9 Å². The van der Waals surface area contributed by atoms with Crippen molar-refractivity contribution in [3.8, 4) is 0 Å². The first kappa shape index (κ1) is 31.5. The van der Waals surface area contributed by atoms with Crippen LogP contribution >= 0.6 is 7.29 Å². The van der Waals surface area contributed by atoms with Crippen LogP contribution in [0.3, 0.4) is 0 Å². The third-order valence-electron chi connectivity index (χ3n) is 6.16. The number of nitrogens with two attached hydrogens (primary N) is 1. The van der Waals surface area contributed by atoms with E-state index in [1.54, 1.807) is 24.5 Å². The van der Waals surface area contributed by atoms with Crippen LogP contribution in [0.15, 0.2) is 36.9 Å². The zero-order chi connectivity index (χ0) is 29.7. The van der Waals surface area contributed by atoms with Crippen molar-refractivity contribution in [3.05, 3.63) is 48.0 Å². The summed E-state index contributed by atoms with van der Waals surface area (Å²) >= 11 is 0. The van der Waals surface area contributed by atoms with E-state index in [9.17, 15) is 22.5 Å². The number of rotatable bonds is 13. The molecule has 0 aliphatic heterocycles. The summed E-state index contributed by atoms with van der Waals surface area (Å²) < 4.78 is 70.0. The van der Waals surface area contributed by atoms with Crippen molar-refractivity contribution >= 4 is 30.2 Å². The fraction of sp³-hybridized carbons (Fsp3) is 0.538. The van der Waals surface area contributed by atoms with E-state index in [0.717, 1.165) is 0 Å². The van der Waals surface area contributed by atoms with Gasteiger partial charge in [0.15, 0.2) is 18.8 Å². The molecule has 0 amide bonds. The molecule has 3 aromatic rings. The molecule has 0 saturated heterocycles. The highest BCUT2D eigenvalue weighted by Gasteiger charge is 2.47. The molecule has 3 rings (SSSR count). The summed E-state index contributed by atoms with van der Waals surface area (Å²) in [6.45, 7) is 8.53. The van der Waals surface area contributed by atoms with Gasteiger partial charge in [0, 0.05) is 6.16 Å². The maximum Gasteiger partial charge on any atom is 0.408 e. The number of anilines is 1. The Hall–Kier alpha value is -3.02. The van der Waals surface area contributed by atoms with Gasteiger partial charge in [-0.2, -0.15) is 13.2 Å². The van der Waals surface area contributed by atoms with Gasteiger partial charge in [-0.15, -0.1) is 0 Å². The molecular formula is C26H36F3N6O4P. The maximum atomic E-state index is 14.3. The van der Waals surface area contributed by atoms with E-state index >= 15 is 0 Å². The average molecular weight is 585 g/mol. The summed E-state index contributed by atoms with van der Waals surface area (Å²) in [5.74, 6) is -0.441. The molecule has 0 bridgehead atoms. The summed E-state index contributed by atoms with van der Waals surface area (Å²) in [5.41, 5.74) is 5.88. The number of esters is 1. The van der Waals surface area contributed by atoms with Gasteiger partial charge >= 0.3 is 12.1 Å². The van der Waals surface area contributed by atoms with Gasteiger partial charge in [0.1, 0.15) is 24.2 Å². The smallest absolute Gasteiger partial charge is 0.408 e. The van der Waals surface area contributed by atoms with Crippen LogP contribution in [0.2, 0.25) is 0 Å². The molecule has 220 valence electrons. The predicted octanol–water partition coefficient (Wildman–Crippen LogP) is 5.23. The highest BCUT2D eigenvalue weighted by atomic mass is 31.2. The van der Waals surface area contributed by atoms with Gasteiger partial charge in [0.25, 0.3) is 0 Å². The van der Waals surface area contributed by atoms with Crippen LogP contribution in [0.25, 0.3) is 11.2 Å². The molecule has 14 heteroatoms. The SMILES string of the molecule is CCCOC(=O)C(C)(C)CP(=O)(CO[C@H](C)Cn1cnc2c(N)ncnc21)N[C@@H](c1cccc(C)c1)C(F)(F)F. The molecule has 0 aliphatic rings. The zero-order valence-corrected chi connectivity index (χ0v) is 24.1. The second-order valence-electron chi connectivity index (χ2n) is 10.5. The topological polar surface area (TPSA) is 134 Å². The minimum absolute atomic E-state index is 0.0886. The quantitative estimate of drug-likeness (QED) is 0.205. The number of carbonyl (C=O) groups is 1. The van der Waals surface area contributed by atoms with Gasteiger partial charge in [0.05, 0.1) is 31.0 Å². The number of fused-ring (bicyclic) bond motifs is 1. The van der Waals surface area contributed by atoms with E-state index in [1.165, 1.54) is 44.7 Å². The Labute approximate surface area is 231 Å². The van der Waals surface area contributed by atoms with Crippen LogP contribution in [0.1, 0.15) is 51.3 Å². The van der Waals surface area contributed by atoms with Crippen LogP contribution < -0.4 is 10.8 Å². The third kappa shape index (κ3) is 8.02. The number of nitrogens with one attached hydrogen (secondary N) is 1. The molecule has 2 aromatic heterocycles. The second kappa shape index (κ2) is 12.7. The largest absolute Gasteiger partial charge is 0.465 e. The van der Waals surface area contributed by atoms with Crippen LogP contribution in [-0.4, -0.2) is 56.9 Å². The summed E-state index contributed by atoms with van der Waals surface area (Å²) in [4.78, 5) is 25.0. The van der Waals surface area contributed by atoms with Crippen LogP contribution in [0.5, 0.6) is 0 Å².